The van der Waals surface area contributed by atoms with E-state index in [1.165, 1.54) is 12.5 Å². The number of ether oxygens (including phenoxy) is 1. The van der Waals surface area contributed by atoms with Crippen LogP contribution in [-0.4, -0.2) is 12.1 Å². The Balaban J connectivity index is 2.83. The van der Waals surface area contributed by atoms with Gasteiger partial charge in [0.15, 0.2) is 0 Å². The molecule has 0 aromatic rings. The van der Waals surface area contributed by atoms with Crippen molar-refractivity contribution in [3.8, 4) is 0 Å². The third kappa shape index (κ3) is 6.09. The minimum Gasteiger partial charge on any atom is -0.462 e. The van der Waals surface area contributed by atoms with Gasteiger partial charge < -0.3 is 4.74 Å². The molecule has 2 heteroatoms. The van der Waals surface area contributed by atoms with Crippen LogP contribution in [0.2, 0.25) is 0 Å². The number of hydrogen-bond donors (Lipinski definition) is 0. The Morgan fingerprint density at radius 3 is 2.74 bits per heavy atom. The van der Waals surface area contributed by atoms with Crippen molar-refractivity contribution in [2.45, 2.75) is 66.4 Å². The lowest BCUT2D eigenvalue weighted by Crippen LogP contribution is -2.24. The number of esters is 1. The van der Waals surface area contributed by atoms with Crippen molar-refractivity contribution < 1.29 is 9.53 Å². The van der Waals surface area contributed by atoms with Gasteiger partial charge in [0, 0.05) is 6.92 Å². The van der Waals surface area contributed by atoms with E-state index in [0.717, 1.165) is 25.7 Å². The van der Waals surface area contributed by atoms with Crippen LogP contribution in [0.25, 0.3) is 0 Å². The molecule has 0 saturated heterocycles. The molecule has 0 spiro atoms. The summed E-state index contributed by atoms with van der Waals surface area (Å²) in [5.41, 5.74) is 1.61. The summed E-state index contributed by atoms with van der Waals surface area (Å²) in [5, 5.41) is 0. The summed E-state index contributed by atoms with van der Waals surface area (Å²) in [4.78, 5) is 11.2. The van der Waals surface area contributed by atoms with Crippen molar-refractivity contribution in [2.75, 3.05) is 0 Å². The summed E-state index contributed by atoms with van der Waals surface area (Å²) in [6.45, 7) is 10.4. The monoisotopic (exact) mass is 264 g/mol. The Kier molecular flexibility index (Phi) is 5.84. The van der Waals surface area contributed by atoms with Crippen LogP contribution in [0.3, 0.4) is 0 Å². The van der Waals surface area contributed by atoms with Crippen molar-refractivity contribution in [2.24, 2.45) is 11.3 Å². The summed E-state index contributed by atoms with van der Waals surface area (Å²) in [6, 6.07) is 0. The lowest BCUT2D eigenvalue weighted by Gasteiger charge is -2.23. The second-order valence-electron chi connectivity index (χ2n) is 6.55. The molecule has 0 bridgehead atoms. The predicted molar refractivity (Wildman–Crippen MR) is 79.9 cm³/mol. The number of hydrogen-bond acceptors (Lipinski definition) is 2. The van der Waals surface area contributed by atoms with Crippen molar-refractivity contribution in [1.29, 1.82) is 0 Å². The van der Waals surface area contributed by atoms with Crippen LogP contribution >= 0.6 is 0 Å². The molecule has 0 N–H and O–H groups in total. The minimum atomic E-state index is -0.169. The van der Waals surface area contributed by atoms with Crippen LogP contribution in [0.5, 0.6) is 0 Å². The van der Waals surface area contributed by atoms with Crippen molar-refractivity contribution >= 4 is 5.97 Å². The Morgan fingerprint density at radius 2 is 2.11 bits per heavy atom. The van der Waals surface area contributed by atoms with E-state index in [4.69, 9.17) is 4.74 Å². The van der Waals surface area contributed by atoms with E-state index in [-0.39, 0.29) is 17.5 Å². The topological polar surface area (TPSA) is 26.3 Å². The normalized spacial score (nSPS) is 32.6. The van der Waals surface area contributed by atoms with Gasteiger partial charge in [-0.15, -0.1) is 0 Å². The molecule has 0 fully saturated rings. The van der Waals surface area contributed by atoms with Crippen molar-refractivity contribution in [3.05, 3.63) is 23.8 Å². The first-order valence-corrected chi connectivity index (χ1v) is 7.31. The molecule has 2 atom stereocenters. The SMILES string of the molecule is CC(=O)OC1CC/C(C)=C/CC(C)(C)/C=C/CC1C. The Morgan fingerprint density at radius 1 is 1.42 bits per heavy atom. The standard InChI is InChI=1S/C17H28O2/c1-13-8-9-16(19-15(3)18)14(2)7-6-11-17(4,5)12-10-13/h6,10-11,14,16H,7-9,12H2,1-5H3/b11-6+,13-10+. The minimum absolute atomic E-state index is 0.0340. The molecule has 2 unspecified atom stereocenters. The molecular formula is C17H28O2. The Bertz CT molecular complexity index is 363. The first kappa shape index (κ1) is 16.0. The van der Waals surface area contributed by atoms with Crippen LogP contribution in [0.1, 0.15) is 60.3 Å². The molecule has 0 aromatic heterocycles. The number of rotatable bonds is 1. The first-order valence-electron chi connectivity index (χ1n) is 7.31. The molecule has 0 saturated carbocycles. The van der Waals surface area contributed by atoms with Gasteiger partial charge in [-0.3, -0.25) is 4.79 Å². The van der Waals surface area contributed by atoms with E-state index in [1.807, 2.05) is 0 Å². The largest absolute Gasteiger partial charge is 0.462 e. The summed E-state index contributed by atoms with van der Waals surface area (Å²) < 4.78 is 5.48. The third-order valence-electron chi connectivity index (χ3n) is 3.83. The van der Waals surface area contributed by atoms with Crippen LogP contribution in [0, 0.1) is 11.3 Å². The average Bonchev–Trinajstić information content (AvgIpc) is 2.31. The molecule has 0 aromatic carbocycles. The van der Waals surface area contributed by atoms with Crippen LogP contribution in [-0.2, 0) is 9.53 Å². The molecule has 0 heterocycles. The molecule has 19 heavy (non-hydrogen) atoms. The van der Waals surface area contributed by atoms with E-state index in [0.29, 0.717) is 5.92 Å². The molecule has 2 nitrogen and oxygen atoms in total. The highest BCUT2D eigenvalue weighted by Crippen LogP contribution is 2.28. The van der Waals surface area contributed by atoms with E-state index in [2.05, 4.69) is 45.9 Å². The molecule has 1 aliphatic carbocycles. The maximum atomic E-state index is 11.2. The van der Waals surface area contributed by atoms with Gasteiger partial charge in [-0.05, 0) is 43.9 Å². The van der Waals surface area contributed by atoms with Crippen LogP contribution in [0.4, 0.5) is 0 Å². The van der Waals surface area contributed by atoms with E-state index < -0.39 is 0 Å². The summed E-state index contributed by atoms with van der Waals surface area (Å²) in [7, 11) is 0. The zero-order chi connectivity index (χ0) is 14.5. The second kappa shape index (κ2) is 6.93. The fraction of sp³-hybridized carbons (Fsp3) is 0.706. The van der Waals surface area contributed by atoms with Crippen LogP contribution in [0.15, 0.2) is 23.8 Å². The zero-order valence-electron chi connectivity index (χ0n) is 13.0. The summed E-state index contributed by atoms with van der Waals surface area (Å²) in [5.74, 6) is 0.208. The van der Waals surface area contributed by atoms with E-state index >= 15 is 0 Å². The average molecular weight is 264 g/mol. The first-order chi connectivity index (χ1) is 8.80. The maximum absolute atomic E-state index is 11.2. The van der Waals surface area contributed by atoms with Gasteiger partial charge in [0.25, 0.3) is 0 Å². The quantitative estimate of drug-likeness (QED) is 0.508. The fourth-order valence-corrected chi connectivity index (χ4v) is 2.40. The molecule has 1 rings (SSSR count). The molecule has 108 valence electrons. The highest BCUT2D eigenvalue weighted by atomic mass is 16.5. The van der Waals surface area contributed by atoms with E-state index in [1.54, 1.807) is 0 Å². The molecule has 0 amide bonds. The Labute approximate surface area is 117 Å². The van der Waals surface area contributed by atoms with Gasteiger partial charge in [0.05, 0.1) is 0 Å². The molecule has 0 aliphatic heterocycles. The third-order valence-corrected chi connectivity index (χ3v) is 3.83. The highest BCUT2D eigenvalue weighted by Gasteiger charge is 2.21. The fourth-order valence-electron chi connectivity index (χ4n) is 2.40. The van der Waals surface area contributed by atoms with Gasteiger partial charge >= 0.3 is 5.97 Å². The van der Waals surface area contributed by atoms with Crippen LogP contribution < -0.4 is 0 Å². The Hall–Kier alpha value is -1.05. The van der Waals surface area contributed by atoms with Crippen molar-refractivity contribution in [3.63, 3.8) is 0 Å². The molecule has 0 radical (unpaired) electrons. The lowest BCUT2D eigenvalue weighted by molar-refractivity contribution is -0.149. The predicted octanol–water partition coefficient (Wildman–Crippen LogP) is 4.66. The number of carbonyl (C=O) groups is 1. The smallest absolute Gasteiger partial charge is 0.302 e. The number of carbonyl (C=O) groups excluding carboxylic acids is 1. The molecule has 1 aliphatic rings. The van der Waals surface area contributed by atoms with Gasteiger partial charge in [0.1, 0.15) is 6.10 Å². The molecular weight excluding hydrogens is 236 g/mol. The van der Waals surface area contributed by atoms with E-state index in [9.17, 15) is 4.79 Å². The highest BCUT2D eigenvalue weighted by molar-refractivity contribution is 5.66. The van der Waals surface area contributed by atoms with Gasteiger partial charge in [-0.2, -0.15) is 0 Å². The summed E-state index contributed by atoms with van der Waals surface area (Å²) in [6.07, 6.45) is 10.9. The van der Waals surface area contributed by atoms with Gasteiger partial charge in [-0.25, -0.2) is 0 Å². The second-order valence-corrected chi connectivity index (χ2v) is 6.55. The summed E-state index contributed by atoms with van der Waals surface area (Å²) >= 11 is 0. The van der Waals surface area contributed by atoms with Gasteiger partial charge in [-0.1, -0.05) is 44.6 Å². The zero-order valence-corrected chi connectivity index (χ0v) is 13.0. The van der Waals surface area contributed by atoms with Crippen molar-refractivity contribution in [1.82, 2.24) is 0 Å². The lowest BCUT2D eigenvalue weighted by atomic mass is 9.87. The maximum Gasteiger partial charge on any atom is 0.302 e. The van der Waals surface area contributed by atoms with Gasteiger partial charge in [0.2, 0.25) is 0 Å². The number of allylic oxidation sites excluding steroid dienone is 4.